The molecular formula is C24H31F2N3O4S. The first kappa shape index (κ1) is 27.2. The summed E-state index contributed by atoms with van der Waals surface area (Å²) in [5.41, 5.74) is 1.87. The van der Waals surface area contributed by atoms with Crippen LogP contribution in [-0.2, 0) is 26.2 Å². The van der Waals surface area contributed by atoms with Gasteiger partial charge >= 0.3 is 0 Å². The van der Waals surface area contributed by atoms with Crippen molar-refractivity contribution in [3.8, 4) is 0 Å². The highest BCUT2D eigenvalue weighted by molar-refractivity contribution is 7.92. The minimum atomic E-state index is -3.80. The lowest BCUT2D eigenvalue weighted by atomic mass is 10.1. The van der Waals surface area contributed by atoms with Gasteiger partial charge in [-0.05, 0) is 37.5 Å². The normalized spacial score (nSPS) is 12.2. The van der Waals surface area contributed by atoms with Crippen LogP contribution in [0.2, 0.25) is 0 Å². The number of anilines is 1. The minimum absolute atomic E-state index is 0.0257. The number of aryl methyl sites for hydroxylation is 1. The number of hydrogen-bond acceptors (Lipinski definition) is 4. The highest BCUT2D eigenvalue weighted by atomic mass is 32.2. The molecule has 0 fully saturated rings. The molecule has 1 N–H and O–H groups in total. The van der Waals surface area contributed by atoms with Gasteiger partial charge in [0.1, 0.15) is 6.04 Å². The molecule has 1 unspecified atom stereocenters. The minimum Gasteiger partial charge on any atom is -0.357 e. The first-order valence-electron chi connectivity index (χ1n) is 11.0. The van der Waals surface area contributed by atoms with Gasteiger partial charge in [0.05, 0.1) is 11.9 Å². The van der Waals surface area contributed by atoms with Crippen LogP contribution in [-0.4, -0.2) is 51.0 Å². The molecule has 0 aromatic heterocycles. The maximum atomic E-state index is 13.7. The predicted molar refractivity (Wildman–Crippen MR) is 128 cm³/mol. The summed E-state index contributed by atoms with van der Waals surface area (Å²) in [6.45, 7) is 3.87. The van der Waals surface area contributed by atoms with Gasteiger partial charge in [-0.15, -0.1) is 0 Å². The Balaban J connectivity index is 2.20. The predicted octanol–water partition coefficient (Wildman–Crippen LogP) is 3.37. The molecular weight excluding hydrogens is 464 g/mol. The van der Waals surface area contributed by atoms with Crippen molar-refractivity contribution in [2.45, 2.75) is 45.7 Å². The van der Waals surface area contributed by atoms with Gasteiger partial charge in [0, 0.05) is 32.6 Å². The van der Waals surface area contributed by atoms with Crippen molar-refractivity contribution in [2.24, 2.45) is 0 Å². The third-order valence-corrected chi connectivity index (χ3v) is 6.61. The average Bonchev–Trinajstić information content (AvgIpc) is 2.77. The summed E-state index contributed by atoms with van der Waals surface area (Å²) in [5.74, 6) is -2.85. The third-order valence-electron chi connectivity index (χ3n) is 5.41. The van der Waals surface area contributed by atoms with Crippen molar-refractivity contribution >= 4 is 27.5 Å². The van der Waals surface area contributed by atoms with Gasteiger partial charge in [0.2, 0.25) is 21.8 Å². The fourth-order valence-corrected chi connectivity index (χ4v) is 4.69. The van der Waals surface area contributed by atoms with Crippen molar-refractivity contribution in [2.75, 3.05) is 24.2 Å². The van der Waals surface area contributed by atoms with Crippen LogP contribution in [0.5, 0.6) is 0 Å². The summed E-state index contributed by atoms with van der Waals surface area (Å²) in [6, 6.07) is 9.76. The highest BCUT2D eigenvalue weighted by Crippen LogP contribution is 2.22. The molecule has 186 valence electrons. The zero-order chi connectivity index (χ0) is 25.5. The van der Waals surface area contributed by atoms with E-state index in [-0.39, 0.29) is 43.4 Å². The number of amides is 2. The summed E-state index contributed by atoms with van der Waals surface area (Å²) < 4.78 is 52.4. The van der Waals surface area contributed by atoms with Crippen LogP contribution in [0.3, 0.4) is 0 Å². The molecule has 0 saturated heterocycles. The number of likely N-dealkylation sites (N-methyl/N-ethyl adjacent to an activating group) is 1. The van der Waals surface area contributed by atoms with E-state index in [2.05, 4.69) is 5.32 Å². The highest BCUT2D eigenvalue weighted by Gasteiger charge is 2.28. The Morgan fingerprint density at radius 2 is 1.79 bits per heavy atom. The number of hydrogen-bond donors (Lipinski definition) is 1. The maximum absolute atomic E-state index is 13.7. The Hall–Kier alpha value is -3.01. The van der Waals surface area contributed by atoms with Gasteiger partial charge in [-0.25, -0.2) is 17.2 Å². The van der Waals surface area contributed by atoms with Gasteiger partial charge < -0.3 is 10.2 Å². The Labute approximate surface area is 199 Å². The molecule has 0 spiro atoms. The van der Waals surface area contributed by atoms with E-state index < -0.39 is 27.7 Å². The van der Waals surface area contributed by atoms with E-state index in [1.165, 1.54) is 18.0 Å². The van der Waals surface area contributed by atoms with Gasteiger partial charge in [0.25, 0.3) is 0 Å². The van der Waals surface area contributed by atoms with Crippen molar-refractivity contribution in [3.63, 3.8) is 0 Å². The summed E-state index contributed by atoms with van der Waals surface area (Å²) in [4.78, 5) is 27.1. The lowest BCUT2D eigenvalue weighted by molar-refractivity contribution is -0.141. The molecule has 0 aliphatic rings. The van der Waals surface area contributed by atoms with E-state index in [4.69, 9.17) is 0 Å². The molecule has 0 aliphatic heterocycles. The van der Waals surface area contributed by atoms with E-state index in [1.807, 2.05) is 38.1 Å². The number of sulfonamides is 1. The van der Waals surface area contributed by atoms with Crippen molar-refractivity contribution in [3.05, 3.63) is 65.2 Å². The molecule has 0 bridgehead atoms. The van der Waals surface area contributed by atoms with Gasteiger partial charge in [-0.2, -0.15) is 0 Å². The molecule has 0 saturated carbocycles. The molecule has 2 aromatic carbocycles. The molecule has 10 heteroatoms. The van der Waals surface area contributed by atoms with Crippen LogP contribution in [0.25, 0.3) is 0 Å². The number of halogens is 2. The molecule has 1 atom stereocenters. The lowest BCUT2D eigenvalue weighted by Crippen LogP contribution is -2.48. The Kier molecular flexibility index (Phi) is 9.55. The fourth-order valence-electron chi connectivity index (χ4n) is 3.74. The van der Waals surface area contributed by atoms with Crippen LogP contribution in [0.1, 0.15) is 37.3 Å². The molecule has 0 heterocycles. The summed E-state index contributed by atoms with van der Waals surface area (Å²) in [7, 11) is -2.30. The second-order valence-corrected chi connectivity index (χ2v) is 9.99. The van der Waals surface area contributed by atoms with Crippen LogP contribution in [0, 0.1) is 18.6 Å². The molecule has 7 nitrogen and oxygen atoms in total. The van der Waals surface area contributed by atoms with E-state index in [9.17, 15) is 26.8 Å². The fraction of sp³-hybridized carbons (Fsp3) is 0.417. The number of carbonyl (C=O) groups excluding carboxylic acids is 2. The Morgan fingerprint density at radius 1 is 1.09 bits per heavy atom. The number of nitrogens with zero attached hydrogens (tertiary/aromatic N) is 2. The first-order valence-corrected chi connectivity index (χ1v) is 12.8. The van der Waals surface area contributed by atoms with E-state index >= 15 is 0 Å². The SMILES string of the molecule is CCC(C(=O)NC)N(Cc1cccc(C)c1)C(=O)CCCN(c1ccc(F)c(F)c1)S(C)(=O)=O. The Bertz CT molecular complexity index is 1120. The second-order valence-electron chi connectivity index (χ2n) is 8.09. The van der Waals surface area contributed by atoms with Gasteiger partial charge in [-0.1, -0.05) is 36.8 Å². The summed E-state index contributed by atoms with van der Waals surface area (Å²) >= 11 is 0. The molecule has 2 aromatic rings. The molecule has 0 radical (unpaired) electrons. The quantitative estimate of drug-likeness (QED) is 0.518. The number of benzene rings is 2. The topological polar surface area (TPSA) is 86.8 Å². The standard InChI is InChI=1S/C24H31F2N3O4S/c1-5-22(24(31)27-3)28(16-18-9-6-8-17(2)14-18)23(30)10-7-13-29(34(4,32)33)19-11-12-20(25)21(26)15-19/h6,8-9,11-12,14-15,22H,5,7,10,13,16H2,1-4H3,(H,27,31). The van der Waals surface area contributed by atoms with Crippen molar-refractivity contribution < 1.29 is 26.8 Å². The van der Waals surface area contributed by atoms with Gasteiger partial charge in [-0.3, -0.25) is 13.9 Å². The van der Waals surface area contributed by atoms with Crippen LogP contribution in [0.4, 0.5) is 14.5 Å². The van der Waals surface area contributed by atoms with Crippen LogP contribution >= 0.6 is 0 Å². The zero-order valence-corrected chi connectivity index (χ0v) is 20.7. The van der Waals surface area contributed by atoms with Crippen molar-refractivity contribution in [1.29, 1.82) is 0 Å². The molecule has 2 amide bonds. The van der Waals surface area contributed by atoms with E-state index in [0.717, 1.165) is 33.8 Å². The summed E-state index contributed by atoms with van der Waals surface area (Å²) in [5, 5.41) is 2.59. The smallest absolute Gasteiger partial charge is 0.242 e. The van der Waals surface area contributed by atoms with E-state index in [0.29, 0.717) is 6.42 Å². The van der Waals surface area contributed by atoms with Crippen molar-refractivity contribution in [1.82, 2.24) is 10.2 Å². The summed E-state index contributed by atoms with van der Waals surface area (Å²) in [6.07, 6.45) is 1.45. The molecule has 0 aliphatic carbocycles. The Morgan fingerprint density at radius 3 is 2.35 bits per heavy atom. The van der Waals surface area contributed by atoms with Crippen LogP contribution < -0.4 is 9.62 Å². The lowest BCUT2D eigenvalue weighted by Gasteiger charge is -2.31. The average molecular weight is 496 g/mol. The van der Waals surface area contributed by atoms with E-state index in [1.54, 1.807) is 0 Å². The monoisotopic (exact) mass is 495 g/mol. The maximum Gasteiger partial charge on any atom is 0.242 e. The van der Waals surface area contributed by atoms with Crippen LogP contribution in [0.15, 0.2) is 42.5 Å². The number of carbonyl (C=O) groups is 2. The number of nitrogens with one attached hydrogen (secondary N) is 1. The zero-order valence-electron chi connectivity index (χ0n) is 19.8. The largest absolute Gasteiger partial charge is 0.357 e. The van der Waals surface area contributed by atoms with Gasteiger partial charge in [0.15, 0.2) is 11.6 Å². The molecule has 34 heavy (non-hydrogen) atoms. The molecule has 2 rings (SSSR count). The number of rotatable bonds is 11. The first-order chi connectivity index (χ1) is 16.0. The third kappa shape index (κ3) is 7.24. The second kappa shape index (κ2) is 11.9.